The van der Waals surface area contributed by atoms with E-state index in [2.05, 4.69) is 47.5 Å². The maximum atomic E-state index is 12.7. The molecule has 2 N–H and O–H groups in total. The summed E-state index contributed by atoms with van der Waals surface area (Å²) in [6.07, 6.45) is 3.56. The van der Waals surface area contributed by atoms with Gasteiger partial charge in [-0.2, -0.15) is 4.98 Å². The molecule has 2 aromatic carbocycles. The normalized spacial score (nSPS) is 21.0. The number of rotatable bonds is 8. The summed E-state index contributed by atoms with van der Waals surface area (Å²) in [7, 11) is 0. The lowest BCUT2D eigenvalue weighted by Crippen LogP contribution is -2.54. The molecule has 2 aliphatic rings. The summed E-state index contributed by atoms with van der Waals surface area (Å²) in [6.45, 7) is 3.74. The first-order chi connectivity index (χ1) is 20.8. The van der Waals surface area contributed by atoms with Gasteiger partial charge < -0.3 is 24.8 Å². The van der Waals surface area contributed by atoms with Crippen molar-refractivity contribution in [3.8, 4) is 28.3 Å². The average molecular weight is 593 g/mol. The molecule has 2 fully saturated rings. The van der Waals surface area contributed by atoms with Crippen LogP contribution in [0.15, 0.2) is 71.4 Å². The molecule has 226 valence electrons. The lowest BCUT2D eigenvalue weighted by molar-refractivity contribution is -0.274. The largest absolute Gasteiger partial charge is 0.573 e. The maximum Gasteiger partial charge on any atom is 0.573 e. The minimum absolute atomic E-state index is 0.198. The summed E-state index contributed by atoms with van der Waals surface area (Å²) < 4.78 is 47.6. The van der Waals surface area contributed by atoms with Crippen LogP contribution >= 0.6 is 0 Å². The van der Waals surface area contributed by atoms with E-state index < -0.39 is 6.36 Å². The minimum atomic E-state index is -4.73. The number of halogens is 3. The van der Waals surface area contributed by atoms with Gasteiger partial charge in [0.2, 0.25) is 0 Å². The second-order valence-electron chi connectivity index (χ2n) is 11.3. The Morgan fingerprint density at radius 3 is 2.47 bits per heavy atom. The van der Waals surface area contributed by atoms with Gasteiger partial charge in [-0.1, -0.05) is 30.1 Å². The van der Waals surface area contributed by atoms with E-state index in [-0.39, 0.29) is 17.8 Å². The van der Waals surface area contributed by atoms with Crippen LogP contribution in [-0.4, -0.2) is 52.7 Å². The molecular weight excluding hydrogens is 557 g/mol. The Kier molecular flexibility index (Phi) is 8.51. The van der Waals surface area contributed by atoms with Crippen LogP contribution in [0.1, 0.15) is 44.3 Å². The van der Waals surface area contributed by atoms with Crippen LogP contribution in [-0.2, 0) is 0 Å². The highest BCUT2D eigenvalue weighted by Crippen LogP contribution is 2.30. The van der Waals surface area contributed by atoms with Crippen molar-refractivity contribution in [2.45, 2.75) is 69.9 Å². The number of piperidine rings is 1. The molecule has 6 rings (SSSR count). The molecule has 3 heterocycles. The molecule has 1 unspecified atom stereocenters. The zero-order valence-electron chi connectivity index (χ0n) is 24.0. The fourth-order valence-corrected chi connectivity index (χ4v) is 6.13. The van der Waals surface area contributed by atoms with E-state index in [0.29, 0.717) is 29.1 Å². The van der Waals surface area contributed by atoms with Crippen LogP contribution in [0.3, 0.4) is 0 Å². The summed E-state index contributed by atoms with van der Waals surface area (Å²) in [5, 5.41) is 11.5. The Labute approximate surface area is 248 Å². The van der Waals surface area contributed by atoms with E-state index in [0.717, 1.165) is 56.3 Å². The van der Waals surface area contributed by atoms with Crippen LogP contribution < -0.4 is 20.3 Å². The molecule has 43 heavy (non-hydrogen) atoms. The number of nitrogens with one attached hydrogen (secondary N) is 2. The zero-order chi connectivity index (χ0) is 29.8. The molecule has 0 bridgehead atoms. The highest BCUT2D eigenvalue weighted by molar-refractivity contribution is 5.67. The summed E-state index contributed by atoms with van der Waals surface area (Å²) in [6, 6.07) is 18.8. The van der Waals surface area contributed by atoms with E-state index in [4.69, 9.17) is 4.52 Å². The predicted molar refractivity (Wildman–Crippen MR) is 159 cm³/mol. The Balaban J connectivity index is 1.09. The molecule has 0 spiro atoms. The Bertz CT molecular complexity index is 1510. The van der Waals surface area contributed by atoms with Gasteiger partial charge in [0, 0.05) is 48.7 Å². The third-order valence-corrected chi connectivity index (χ3v) is 8.14. The molecule has 0 amide bonds. The van der Waals surface area contributed by atoms with Gasteiger partial charge >= 0.3 is 6.36 Å². The SMILES string of the molecule is Cc1noc(-c2ccc(N3CCCC(N[C@@H]4CCCC[C@H]4Nc4cc(-c5cccc(OC(F)(F)F)c5)ccn4)C3)cc2)n1. The van der Waals surface area contributed by atoms with Crippen LogP contribution in [0, 0.1) is 6.92 Å². The zero-order valence-corrected chi connectivity index (χ0v) is 24.0. The lowest BCUT2D eigenvalue weighted by atomic mass is 9.89. The summed E-state index contributed by atoms with van der Waals surface area (Å²) >= 11 is 0. The number of hydrogen-bond donors (Lipinski definition) is 2. The fourth-order valence-electron chi connectivity index (χ4n) is 6.13. The van der Waals surface area contributed by atoms with E-state index in [1.807, 2.05) is 25.1 Å². The third-order valence-electron chi connectivity index (χ3n) is 8.14. The van der Waals surface area contributed by atoms with Crippen molar-refractivity contribution in [2.24, 2.45) is 0 Å². The van der Waals surface area contributed by atoms with E-state index in [1.54, 1.807) is 24.4 Å². The van der Waals surface area contributed by atoms with Crippen molar-refractivity contribution < 1.29 is 22.4 Å². The van der Waals surface area contributed by atoms with E-state index >= 15 is 0 Å². The summed E-state index contributed by atoms with van der Waals surface area (Å²) in [5.74, 6) is 1.61. The first kappa shape index (κ1) is 29.0. The maximum absolute atomic E-state index is 12.7. The molecule has 0 radical (unpaired) electrons. The van der Waals surface area contributed by atoms with Crippen molar-refractivity contribution >= 4 is 11.5 Å². The third kappa shape index (κ3) is 7.45. The number of ether oxygens (including phenoxy) is 1. The molecule has 1 saturated heterocycles. The van der Waals surface area contributed by atoms with Crippen molar-refractivity contribution in [3.63, 3.8) is 0 Å². The smallest absolute Gasteiger partial charge is 0.406 e. The predicted octanol–water partition coefficient (Wildman–Crippen LogP) is 6.99. The van der Waals surface area contributed by atoms with Crippen molar-refractivity contribution in [1.82, 2.24) is 20.4 Å². The van der Waals surface area contributed by atoms with Crippen LogP contribution in [0.4, 0.5) is 24.7 Å². The van der Waals surface area contributed by atoms with E-state index in [9.17, 15) is 13.2 Å². The highest BCUT2D eigenvalue weighted by Gasteiger charge is 2.31. The highest BCUT2D eigenvalue weighted by atomic mass is 19.4. The van der Waals surface area contributed by atoms with Gasteiger partial charge in [-0.25, -0.2) is 4.98 Å². The summed E-state index contributed by atoms with van der Waals surface area (Å²) in [4.78, 5) is 11.3. The van der Waals surface area contributed by atoms with Gasteiger partial charge in [0.1, 0.15) is 11.6 Å². The monoisotopic (exact) mass is 592 g/mol. The molecule has 4 aromatic rings. The number of benzene rings is 2. The molecule has 8 nitrogen and oxygen atoms in total. The number of aromatic nitrogens is 3. The van der Waals surface area contributed by atoms with Gasteiger partial charge in [0.25, 0.3) is 5.89 Å². The molecule has 1 saturated carbocycles. The van der Waals surface area contributed by atoms with Crippen LogP contribution in [0.2, 0.25) is 0 Å². The first-order valence-electron chi connectivity index (χ1n) is 14.8. The second-order valence-corrected chi connectivity index (χ2v) is 11.3. The molecular formula is C32H35F3N6O2. The van der Waals surface area contributed by atoms with Gasteiger partial charge in [-0.3, -0.25) is 0 Å². The van der Waals surface area contributed by atoms with Crippen molar-refractivity contribution in [3.05, 3.63) is 72.7 Å². The van der Waals surface area contributed by atoms with Crippen molar-refractivity contribution in [1.29, 1.82) is 0 Å². The van der Waals surface area contributed by atoms with Crippen LogP contribution in [0.25, 0.3) is 22.6 Å². The molecule has 11 heteroatoms. The first-order valence-corrected chi connectivity index (χ1v) is 14.8. The van der Waals surface area contributed by atoms with Gasteiger partial charge in [0.05, 0.1) is 0 Å². The summed E-state index contributed by atoms with van der Waals surface area (Å²) in [5.41, 5.74) is 3.49. The van der Waals surface area contributed by atoms with Gasteiger partial charge in [-0.15, -0.1) is 13.2 Å². The number of hydrogen-bond acceptors (Lipinski definition) is 8. The topological polar surface area (TPSA) is 88.3 Å². The number of anilines is 2. The average Bonchev–Trinajstić information content (AvgIpc) is 3.44. The number of nitrogens with zero attached hydrogens (tertiary/aromatic N) is 4. The molecule has 2 aromatic heterocycles. The fraction of sp³-hybridized carbons (Fsp3) is 0.406. The van der Waals surface area contributed by atoms with Crippen LogP contribution in [0.5, 0.6) is 5.75 Å². The quantitative estimate of drug-likeness (QED) is 0.226. The van der Waals surface area contributed by atoms with Crippen molar-refractivity contribution in [2.75, 3.05) is 23.3 Å². The Morgan fingerprint density at radius 1 is 0.907 bits per heavy atom. The Morgan fingerprint density at radius 2 is 1.70 bits per heavy atom. The van der Waals surface area contributed by atoms with Gasteiger partial charge in [-0.05, 0) is 92.3 Å². The molecule has 1 aliphatic carbocycles. The standard InChI is InChI=1S/C32H35F3N6O2/c1-21-37-31(43-40-21)22-11-13-26(14-12-22)41-17-5-7-25(20-41)38-28-9-2-3-10-29(28)39-30-19-24(15-16-36-30)23-6-4-8-27(18-23)42-32(33,34)35/h4,6,8,11-16,18-19,25,28-29,38H,2-3,5,7,9-10,17,20H2,1H3,(H,36,39)/t25?,28-,29-/m1/s1. The molecule has 3 atom stereocenters. The number of pyridine rings is 1. The number of aryl methyl sites for hydroxylation is 1. The molecule has 1 aliphatic heterocycles. The Hall–Kier alpha value is -4.12. The lowest BCUT2D eigenvalue weighted by Gasteiger charge is -2.40. The second kappa shape index (κ2) is 12.6. The van der Waals surface area contributed by atoms with E-state index in [1.165, 1.54) is 24.2 Å². The van der Waals surface area contributed by atoms with Gasteiger partial charge in [0.15, 0.2) is 5.82 Å². The minimum Gasteiger partial charge on any atom is -0.406 e. The number of alkyl halides is 3.